The highest BCUT2D eigenvalue weighted by molar-refractivity contribution is 6.31. The monoisotopic (exact) mass is 425 g/mol. The average Bonchev–Trinajstić information content (AvgIpc) is 3.09. The molecule has 2 heterocycles. The summed E-state index contributed by atoms with van der Waals surface area (Å²) in [5.41, 5.74) is 4.02. The lowest BCUT2D eigenvalue weighted by molar-refractivity contribution is -0.136. The molecule has 0 saturated heterocycles. The number of nitrogens with zero attached hydrogens (tertiary/aromatic N) is 1. The molecule has 2 N–H and O–H groups in total. The zero-order valence-corrected chi connectivity index (χ0v) is 17.2. The molecule has 0 fully saturated rings. The number of aryl methyl sites for hydroxylation is 2. The number of cyclic esters (lactones) is 1. The number of amides is 3. The molecule has 8 heteroatoms. The predicted octanol–water partition coefficient (Wildman–Crippen LogP) is 3.47. The third-order valence-corrected chi connectivity index (χ3v) is 5.57. The van der Waals surface area contributed by atoms with Crippen molar-refractivity contribution in [1.82, 2.24) is 10.2 Å². The zero-order chi connectivity index (χ0) is 21.4. The van der Waals surface area contributed by atoms with Gasteiger partial charge in [-0.1, -0.05) is 47.5 Å². The average molecular weight is 426 g/mol. The number of carbonyl (C=O) groups excluding carboxylic acids is 3. The molecule has 154 valence electrons. The molecule has 2 aromatic carbocycles. The number of carbonyl (C=O) groups is 3. The van der Waals surface area contributed by atoms with Crippen molar-refractivity contribution < 1.29 is 19.1 Å². The Hall–Kier alpha value is -3.32. The Morgan fingerprint density at radius 1 is 1.20 bits per heavy atom. The summed E-state index contributed by atoms with van der Waals surface area (Å²) >= 11 is 6.10. The molecule has 30 heavy (non-hydrogen) atoms. The van der Waals surface area contributed by atoms with E-state index in [-0.39, 0.29) is 13.2 Å². The molecule has 0 radical (unpaired) electrons. The van der Waals surface area contributed by atoms with Crippen LogP contribution in [0.1, 0.15) is 22.7 Å². The maximum absolute atomic E-state index is 12.8. The maximum atomic E-state index is 12.8. The van der Waals surface area contributed by atoms with E-state index >= 15 is 0 Å². The van der Waals surface area contributed by atoms with Gasteiger partial charge in [0.2, 0.25) is 5.91 Å². The van der Waals surface area contributed by atoms with Crippen molar-refractivity contribution in [3.63, 3.8) is 0 Å². The molecule has 7 nitrogen and oxygen atoms in total. The number of esters is 1. The van der Waals surface area contributed by atoms with Gasteiger partial charge in [-0.3, -0.25) is 9.69 Å². The van der Waals surface area contributed by atoms with Crippen LogP contribution in [0.25, 0.3) is 0 Å². The van der Waals surface area contributed by atoms with Gasteiger partial charge in [0.1, 0.15) is 13.2 Å². The van der Waals surface area contributed by atoms with Crippen LogP contribution in [0.15, 0.2) is 53.7 Å². The number of benzene rings is 2. The van der Waals surface area contributed by atoms with Gasteiger partial charge >= 0.3 is 12.0 Å². The first kappa shape index (κ1) is 20.0. The van der Waals surface area contributed by atoms with Crippen molar-refractivity contribution in [2.24, 2.45) is 0 Å². The Morgan fingerprint density at radius 3 is 2.63 bits per heavy atom. The van der Waals surface area contributed by atoms with Gasteiger partial charge in [0.05, 0.1) is 17.3 Å². The molecular formula is C22H20ClN3O4. The number of hydrogen-bond donors (Lipinski definition) is 2. The van der Waals surface area contributed by atoms with Crippen LogP contribution >= 0.6 is 11.6 Å². The number of anilines is 1. The molecule has 4 rings (SSSR count). The first-order chi connectivity index (χ1) is 14.3. The fraction of sp³-hybridized carbons (Fsp3) is 0.227. The van der Waals surface area contributed by atoms with Gasteiger partial charge in [-0.05, 0) is 37.1 Å². The van der Waals surface area contributed by atoms with Crippen molar-refractivity contribution in [3.8, 4) is 0 Å². The molecule has 2 aromatic rings. The molecule has 0 spiro atoms. The second-order valence-corrected chi connectivity index (χ2v) is 7.74. The fourth-order valence-corrected chi connectivity index (χ4v) is 3.68. The van der Waals surface area contributed by atoms with E-state index in [9.17, 15) is 14.4 Å². The Morgan fingerprint density at radius 2 is 1.93 bits per heavy atom. The van der Waals surface area contributed by atoms with Crippen molar-refractivity contribution in [2.45, 2.75) is 19.9 Å². The van der Waals surface area contributed by atoms with E-state index < -0.39 is 23.9 Å². The van der Waals surface area contributed by atoms with Crippen LogP contribution in [0.3, 0.4) is 0 Å². The van der Waals surface area contributed by atoms with Gasteiger partial charge in [0, 0.05) is 10.7 Å². The molecular weight excluding hydrogens is 406 g/mol. The first-order valence-corrected chi connectivity index (χ1v) is 9.82. The molecule has 2 aliphatic rings. The van der Waals surface area contributed by atoms with Crippen LogP contribution < -0.4 is 10.6 Å². The number of ether oxygens (including phenoxy) is 1. The molecule has 0 unspecified atom stereocenters. The highest BCUT2D eigenvalue weighted by Crippen LogP contribution is 2.35. The van der Waals surface area contributed by atoms with Gasteiger partial charge in [-0.15, -0.1) is 0 Å². The number of halogens is 1. The van der Waals surface area contributed by atoms with Crippen LogP contribution in [0.4, 0.5) is 10.5 Å². The van der Waals surface area contributed by atoms with E-state index in [1.165, 1.54) is 4.90 Å². The summed E-state index contributed by atoms with van der Waals surface area (Å²) in [5.74, 6) is -0.906. The molecule has 0 bridgehead atoms. The lowest BCUT2D eigenvalue weighted by Crippen LogP contribution is -2.49. The van der Waals surface area contributed by atoms with Crippen LogP contribution in [0.2, 0.25) is 5.02 Å². The second-order valence-electron chi connectivity index (χ2n) is 7.33. The maximum Gasteiger partial charge on any atom is 0.338 e. The lowest BCUT2D eigenvalue weighted by atomic mass is 9.95. The molecule has 0 saturated carbocycles. The van der Waals surface area contributed by atoms with Crippen LogP contribution in [0, 0.1) is 13.8 Å². The highest BCUT2D eigenvalue weighted by Gasteiger charge is 2.42. The summed E-state index contributed by atoms with van der Waals surface area (Å²) in [4.78, 5) is 39.0. The lowest BCUT2D eigenvalue weighted by Gasteiger charge is -2.32. The molecule has 3 amide bonds. The quantitative estimate of drug-likeness (QED) is 0.734. The molecule has 0 aliphatic carbocycles. The Balaban J connectivity index is 1.58. The zero-order valence-electron chi connectivity index (χ0n) is 16.5. The van der Waals surface area contributed by atoms with E-state index in [1.54, 1.807) is 18.2 Å². The molecule has 0 aromatic heterocycles. The Bertz CT molecular complexity index is 1080. The number of rotatable bonds is 4. The van der Waals surface area contributed by atoms with Gasteiger partial charge in [0.15, 0.2) is 0 Å². The topological polar surface area (TPSA) is 87.7 Å². The van der Waals surface area contributed by atoms with Crippen LogP contribution in [-0.4, -0.2) is 36.0 Å². The van der Waals surface area contributed by atoms with Crippen molar-refractivity contribution in [3.05, 3.63) is 75.4 Å². The van der Waals surface area contributed by atoms with Crippen LogP contribution in [0.5, 0.6) is 0 Å². The van der Waals surface area contributed by atoms with Gasteiger partial charge in [-0.2, -0.15) is 0 Å². The van der Waals surface area contributed by atoms with Crippen molar-refractivity contribution >= 4 is 35.2 Å². The summed E-state index contributed by atoms with van der Waals surface area (Å²) in [5, 5.41) is 6.07. The molecule has 2 aliphatic heterocycles. The van der Waals surface area contributed by atoms with Gasteiger partial charge < -0.3 is 15.4 Å². The number of nitrogens with one attached hydrogen (secondary N) is 2. The number of hydrogen-bond acceptors (Lipinski definition) is 4. The van der Waals surface area contributed by atoms with Gasteiger partial charge in [0.25, 0.3) is 0 Å². The Kier molecular flexibility index (Phi) is 5.22. The summed E-state index contributed by atoms with van der Waals surface area (Å²) < 4.78 is 5.19. The summed E-state index contributed by atoms with van der Waals surface area (Å²) in [6.07, 6.45) is 0. The highest BCUT2D eigenvalue weighted by atomic mass is 35.5. The normalized spacial score (nSPS) is 18.1. The van der Waals surface area contributed by atoms with E-state index in [0.717, 1.165) is 16.7 Å². The SMILES string of the molecule is Cc1ccc([C@@H]2NC(=O)N(CC(=O)Nc3ccc(C)c(Cl)c3)C3=C2C(=O)OC3)cc1. The summed E-state index contributed by atoms with van der Waals surface area (Å²) in [6.45, 7) is 3.52. The summed E-state index contributed by atoms with van der Waals surface area (Å²) in [6, 6.07) is 11.6. The third-order valence-electron chi connectivity index (χ3n) is 5.17. The van der Waals surface area contributed by atoms with Crippen LogP contribution in [-0.2, 0) is 14.3 Å². The van der Waals surface area contributed by atoms with Gasteiger partial charge in [-0.25, -0.2) is 9.59 Å². The van der Waals surface area contributed by atoms with E-state index in [1.807, 2.05) is 38.1 Å². The second kappa shape index (κ2) is 7.84. The van der Waals surface area contributed by atoms with E-state index in [2.05, 4.69) is 10.6 Å². The minimum absolute atomic E-state index is 0.0480. The standard InChI is InChI=1S/C22H20ClN3O4/c1-12-3-6-14(7-4-12)20-19-17(11-30-21(19)28)26(22(29)25-20)10-18(27)24-15-8-5-13(2)16(23)9-15/h3-9,20H,10-11H2,1-2H3,(H,24,27)(H,25,29)/t20-/m0/s1. The van der Waals surface area contributed by atoms with E-state index in [0.29, 0.717) is 22.0 Å². The largest absolute Gasteiger partial charge is 0.456 e. The minimum Gasteiger partial charge on any atom is -0.456 e. The number of urea groups is 1. The minimum atomic E-state index is -0.613. The fourth-order valence-electron chi connectivity index (χ4n) is 3.50. The van der Waals surface area contributed by atoms with Crippen molar-refractivity contribution in [2.75, 3.05) is 18.5 Å². The van der Waals surface area contributed by atoms with E-state index in [4.69, 9.17) is 16.3 Å². The smallest absolute Gasteiger partial charge is 0.338 e. The Labute approximate surface area is 178 Å². The predicted molar refractivity (Wildman–Crippen MR) is 112 cm³/mol. The third kappa shape index (κ3) is 3.76. The first-order valence-electron chi connectivity index (χ1n) is 9.44. The summed E-state index contributed by atoms with van der Waals surface area (Å²) in [7, 11) is 0. The molecule has 1 atom stereocenters. The van der Waals surface area contributed by atoms with Crippen molar-refractivity contribution in [1.29, 1.82) is 0 Å².